The van der Waals surface area contributed by atoms with Crippen molar-refractivity contribution in [3.63, 3.8) is 0 Å². The van der Waals surface area contributed by atoms with E-state index in [1.807, 2.05) is 0 Å². The molecule has 0 radical (unpaired) electrons. The maximum Gasteiger partial charge on any atom is 0.165 e. The Morgan fingerprint density at radius 2 is 2.15 bits per heavy atom. The van der Waals surface area contributed by atoms with Crippen molar-refractivity contribution >= 4 is 23.4 Å². The van der Waals surface area contributed by atoms with Gasteiger partial charge in [0.15, 0.2) is 10.9 Å². The van der Waals surface area contributed by atoms with Gasteiger partial charge in [-0.2, -0.15) is 0 Å². The van der Waals surface area contributed by atoms with Crippen LogP contribution >= 0.6 is 12.2 Å². The molecule has 2 aromatic rings. The molecule has 20 heavy (non-hydrogen) atoms. The number of H-pyrrole nitrogens is 1. The number of fused-ring (bicyclic) bond motifs is 1. The molecule has 0 spiro atoms. The van der Waals surface area contributed by atoms with Gasteiger partial charge < -0.3 is 25.0 Å². The van der Waals surface area contributed by atoms with E-state index in [2.05, 4.69) is 15.0 Å². The lowest BCUT2D eigenvalue weighted by molar-refractivity contribution is -0.0777. The van der Waals surface area contributed by atoms with Gasteiger partial charge >= 0.3 is 0 Å². The van der Waals surface area contributed by atoms with E-state index in [4.69, 9.17) is 17.0 Å². The zero-order valence-corrected chi connectivity index (χ0v) is 11.4. The fourth-order valence-electron chi connectivity index (χ4n) is 2.38. The average Bonchev–Trinajstić information content (AvgIpc) is 2.94. The molecule has 0 amide bonds. The van der Waals surface area contributed by atoms with Crippen LogP contribution in [0.2, 0.25) is 0 Å². The van der Waals surface area contributed by atoms with Gasteiger partial charge in [-0.15, -0.1) is 0 Å². The van der Waals surface area contributed by atoms with E-state index < -0.39 is 30.6 Å². The van der Waals surface area contributed by atoms with Crippen LogP contribution in [-0.2, 0) is 4.74 Å². The molecule has 1 aliphatic rings. The highest BCUT2D eigenvalue weighted by Gasteiger charge is 2.46. The lowest BCUT2D eigenvalue weighted by atomic mass is 10.1. The highest BCUT2D eigenvalue weighted by molar-refractivity contribution is 7.71. The summed E-state index contributed by atoms with van der Waals surface area (Å²) >= 11 is 5.06. The minimum absolute atomic E-state index is 0.331. The van der Waals surface area contributed by atoms with Crippen LogP contribution in [0.25, 0.3) is 11.2 Å². The monoisotopic (exact) mass is 298 g/mol. The van der Waals surface area contributed by atoms with E-state index in [0.717, 1.165) is 0 Å². The second kappa shape index (κ2) is 4.86. The quantitative estimate of drug-likeness (QED) is 0.552. The van der Waals surface area contributed by atoms with Crippen LogP contribution in [0.1, 0.15) is 13.2 Å². The highest BCUT2D eigenvalue weighted by Crippen LogP contribution is 2.32. The van der Waals surface area contributed by atoms with Crippen molar-refractivity contribution in [2.24, 2.45) is 0 Å². The second-order valence-corrected chi connectivity index (χ2v) is 5.16. The molecule has 0 bridgehead atoms. The molecule has 4 N–H and O–H groups in total. The summed E-state index contributed by atoms with van der Waals surface area (Å²) in [7, 11) is 0. The molecular weight excluding hydrogens is 284 g/mol. The van der Waals surface area contributed by atoms with Crippen LogP contribution in [0, 0.1) is 4.64 Å². The molecule has 0 unspecified atom stereocenters. The molecule has 1 saturated heterocycles. The summed E-state index contributed by atoms with van der Waals surface area (Å²) in [6.07, 6.45) is -2.11. The van der Waals surface area contributed by atoms with Crippen molar-refractivity contribution in [2.75, 3.05) is 0 Å². The fourth-order valence-corrected chi connectivity index (χ4v) is 2.58. The van der Waals surface area contributed by atoms with Crippen LogP contribution in [-0.4, -0.2) is 59.3 Å². The first-order valence-corrected chi connectivity index (χ1v) is 6.51. The Morgan fingerprint density at radius 3 is 2.80 bits per heavy atom. The zero-order valence-electron chi connectivity index (χ0n) is 10.5. The van der Waals surface area contributed by atoms with E-state index in [1.165, 1.54) is 24.1 Å². The van der Waals surface area contributed by atoms with Gasteiger partial charge in [0, 0.05) is 0 Å². The number of aromatic nitrogens is 4. The van der Waals surface area contributed by atoms with Crippen LogP contribution < -0.4 is 0 Å². The third-order valence-electron chi connectivity index (χ3n) is 3.40. The Hall–Kier alpha value is -1.39. The van der Waals surface area contributed by atoms with Crippen molar-refractivity contribution < 1.29 is 20.1 Å². The van der Waals surface area contributed by atoms with Crippen LogP contribution in [0.3, 0.4) is 0 Å². The average molecular weight is 298 g/mol. The topological polar surface area (TPSA) is 116 Å². The number of hydrogen-bond acceptors (Lipinski definition) is 7. The van der Waals surface area contributed by atoms with E-state index in [0.29, 0.717) is 15.8 Å². The summed E-state index contributed by atoms with van der Waals surface area (Å²) < 4.78 is 7.40. The van der Waals surface area contributed by atoms with Gasteiger partial charge in [-0.3, -0.25) is 4.57 Å². The molecule has 9 heteroatoms. The first-order chi connectivity index (χ1) is 9.50. The van der Waals surface area contributed by atoms with E-state index >= 15 is 0 Å². The largest absolute Gasteiger partial charge is 0.391 e. The molecule has 8 nitrogen and oxygen atoms in total. The fraction of sp³-hybridized carbons (Fsp3) is 0.545. The predicted octanol–water partition coefficient (Wildman–Crippen LogP) is -0.511. The minimum atomic E-state index is -1.18. The summed E-state index contributed by atoms with van der Waals surface area (Å²) in [5, 5.41) is 29.6. The number of hydrogen-bond donors (Lipinski definition) is 4. The molecule has 1 fully saturated rings. The summed E-state index contributed by atoms with van der Waals surface area (Å²) in [4.78, 5) is 10.9. The van der Waals surface area contributed by atoms with E-state index in [-0.39, 0.29) is 0 Å². The number of imidazole rings is 1. The zero-order chi connectivity index (χ0) is 14.4. The number of aromatic amines is 1. The van der Waals surface area contributed by atoms with Crippen molar-refractivity contribution in [1.82, 2.24) is 19.5 Å². The lowest BCUT2D eigenvalue weighted by Gasteiger charge is -2.17. The Bertz CT molecular complexity index is 684. The van der Waals surface area contributed by atoms with E-state index in [9.17, 15) is 15.3 Å². The Kier molecular flexibility index (Phi) is 3.30. The van der Waals surface area contributed by atoms with Crippen LogP contribution in [0.5, 0.6) is 0 Å². The number of nitrogens with zero attached hydrogens (tertiary/aromatic N) is 3. The summed E-state index contributed by atoms with van der Waals surface area (Å²) in [5.41, 5.74) is 1.01. The van der Waals surface area contributed by atoms with E-state index in [1.54, 1.807) is 0 Å². The number of ether oxygens (including phenoxy) is 1. The normalized spacial score (nSPS) is 31.8. The van der Waals surface area contributed by atoms with Crippen molar-refractivity contribution in [3.05, 3.63) is 17.3 Å². The third kappa shape index (κ3) is 1.95. The number of nitrogens with one attached hydrogen (secondary N) is 1. The molecule has 3 rings (SSSR count). The number of aliphatic hydroxyl groups excluding tert-OH is 3. The smallest absolute Gasteiger partial charge is 0.165 e. The predicted molar refractivity (Wildman–Crippen MR) is 70.3 cm³/mol. The summed E-state index contributed by atoms with van der Waals surface area (Å²) in [5.74, 6) is 0. The second-order valence-electron chi connectivity index (χ2n) is 4.77. The Balaban J connectivity index is 2.04. The molecule has 0 aromatic carbocycles. The molecule has 0 saturated carbocycles. The molecule has 5 atom stereocenters. The SMILES string of the molecule is C[C@H](O)[C@H]1O[C@@H](n2cnc3c(=S)nc[nH]c32)[C@@H](O)[C@H]1O. The maximum absolute atomic E-state index is 10.1. The van der Waals surface area contributed by atoms with Crippen molar-refractivity contribution in [1.29, 1.82) is 0 Å². The molecule has 2 aromatic heterocycles. The third-order valence-corrected chi connectivity index (χ3v) is 3.70. The van der Waals surface area contributed by atoms with Gasteiger partial charge in [-0.05, 0) is 6.92 Å². The van der Waals surface area contributed by atoms with Gasteiger partial charge in [0.25, 0.3) is 0 Å². The summed E-state index contributed by atoms with van der Waals surface area (Å²) in [6.45, 7) is 1.49. The van der Waals surface area contributed by atoms with Crippen LogP contribution in [0.4, 0.5) is 0 Å². The number of rotatable bonds is 2. The Labute approximate surface area is 118 Å². The Morgan fingerprint density at radius 1 is 1.40 bits per heavy atom. The number of aliphatic hydroxyl groups is 3. The molecule has 1 aliphatic heterocycles. The van der Waals surface area contributed by atoms with Gasteiger partial charge in [0.2, 0.25) is 0 Å². The minimum Gasteiger partial charge on any atom is -0.391 e. The van der Waals surface area contributed by atoms with Gasteiger partial charge in [-0.1, -0.05) is 12.2 Å². The molecule has 0 aliphatic carbocycles. The van der Waals surface area contributed by atoms with Gasteiger partial charge in [-0.25, -0.2) is 9.97 Å². The first-order valence-electron chi connectivity index (χ1n) is 6.10. The maximum atomic E-state index is 10.1. The van der Waals surface area contributed by atoms with Crippen molar-refractivity contribution in [3.8, 4) is 0 Å². The van der Waals surface area contributed by atoms with Crippen molar-refractivity contribution in [2.45, 2.75) is 37.6 Å². The molecular formula is C11H14N4O4S. The molecule has 108 valence electrons. The highest BCUT2D eigenvalue weighted by atomic mass is 32.1. The van der Waals surface area contributed by atoms with Crippen LogP contribution in [0.15, 0.2) is 12.7 Å². The standard InChI is InChI=1S/C11H14N4O4S/c1-4(16)8-6(17)7(18)11(19-8)15-3-14-5-9(15)12-2-13-10(5)20/h2-4,6-8,11,16-18H,1H3,(H,12,13,20)/t4-,6+,7-,8+,11+/m0/s1. The lowest BCUT2D eigenvalue weighted by Crippen LogP contribution is -2.37. The van der Waals surface area contributed by atoms with Gasteiger partial charge in [0.05, 0.1) is 18.8 Å². The van der Waals surface area contributed by atoms with Gasteiger partial charge in [0.1, 0.15) is 29.5 Å². The first kappa shape index (κ1) is 13.6. The molecule has 3 heterocycles. The summed E-state index contributed by atoms with van der Waals surface area (Å²) in [6, 6.07) is 0.